The van der Waals surface area contributed by atoms with Gasteiger partial charge in [-0.2, -0.15) is 0 Å². The third-order valence-electron chi connectivity index (χ3n) is 4.14. The largest absolute Gasteiger partial charge is 0.465 e. The van der Waals surface area contributed by atoms with Gasteiger partial charge < -0.3 is 19.8 Å². The lowest BCUT2D eigenvalue weighted by Crippen LogP contribution is -2.30. The first-order chi connectivity index (χ1) is 15.4. The molecule has 0 aliphatic heterocycles. The Balaban J connectivity index is 1.87. The van der Waals surface area contributed by atoms with Crippen molar-refractivity contribution in [2.24, 2.45) is 5.18 Å². The van der Waals surface area contributed by atoms with Crippen LogP contribution >= 0.6 is 15.9 Å². The minimum absolute atomic E-state index is 0.0127. The van der Waals surface area contributed by atoms with Crippen molar-refractivity contribution in [2.45, 2.75) is 0 Å². The van der Waals surface area contributed by atoms with Crippen LogP contribution in [0.5, 0.6) is 0 Å². The molecule has 2 N–H and O–H groups in total. The fraction of sp³-hybridized carbons (Fsp3) is 0.0455. The number of anilines is 1. The van der Waals surface area contributed by atoms with Crippen LogP contribution in [0, 0.1) is 4.91 Å². The van der Waals surface area contributed by atoms with Crippen LogP contribution in [-0.2, 0) is 9.53 Å². The Bertz CT molecular complexity index is 1200. The Labute approximate surface area is 190 Å². The van der Waals surface area contributed by atoms with Gasteiger partial charge in [0.1, 0.15) is 11.4 Å². The maximum absolute atomic E-state index is 12.9. The Kier molecular flexibility index (Phi) is 7.29. The highest BCUT2D eigenvalue weighted by Crippen LogP contribution is 2.18. The number of rotatable bonds is 7. The summed E-state index contributed by atoms with van der Waals surface area (Å²) in [7, 11) is 1.27. The molecule has 2 amide bonds. The van der Waals surface area contributed by atoms with Crippen LogP contribution in [-0.4, -0.2) is 24.9 Å². The number of hydrogen-bond donors (Lipinski definition) is 2. The van der Waals surface area contributed by atoms with Crippen molar-refractivity contribution in [3.05, 3.63) is 92.8 Å². The number of nitrogens with one attached hydrogen (secondary N) is 2. The summed E-state index contributed by atoms with van der Waals surface area (Å²) < 4.78 is 10.2. The average molecular weight is 498 g/mol. The fourth-order valence-corrected chi connectivity index (χ4v) is 2.93. The summed E-state index contributed by atoms with van der Waals surface area (Å²) in [6, 6.07) is 15.2. The molecule has 2 aromatic carbocycles. The molecule has 0 radical (unpaired) electrons. The van der Waals surface area contributed by atoms with Crippen molar-refractivity contribution in [3.8, 4) is 0 Å². The SMILES string of the molecule is COC(=O)c1ccc(NC(=O)/C(=C\c2cccc(N=O)c2)NC(=O)c2ccc(Br)o2)cc1. The molecule has 0 fully saturated rings. The number of furan rings is 1. The third kappa shape index (κ3) is 5.76. The van der Waals surface area contributed by atoms with Crippen LogP contribution in [0.15, 0.2) is 80.6 Å². The highest BCUT2D eigenvalue weighted by Gasteiger charge is 2.18. The molecule has 0 unspecified atom stereocenters. The van der Waals surface area contributed by atoms with Gasteiger partial charge in [0.2, 0.25) is 0 Å². The van der Waals surface area contributed by atoms with E-state index in [9.17, 15) is 19.3 Å². The lowest BCUT2D eigenvalue weighted by Gasteiger charge is -2.11. The third-order valence-corrected chi connectivity index (χ3v) is 4.57. The number of halogens is 1. The van der Waals surface area contributed by atoms with Crippen molar-refractivity contribution in [1.29, 1.82) is 0 Å². The quantitative estimate of drug-likeness (QED) is 0.278. The number of benzene rings is 2. The Morgan fingerprint density at radius 2 is 1.81 bits per heavy atom. The van der Waals surface area contributed by atoms with E-state index in [1.807, 2.05) is 0 Å². The Morgan fingerprint density at radius 1 is 1.06 bits per heavy atom. The van der Waals surface area contributed by atoms with Gasteiger partial charge in [0.05, 0.1) is 12.7 Å². The zero-order valence-corrected chi connectivity index (χ0v) is 18.2. The molecule has 3 rings (SSSR count). The van der Waals surface area contributed by atoms with E-state index in [-0.39, 0.29) is 17.1 Å². The van der Waals surface area contributed by atoms with E-state index in [0.29, 0.717) is 21.5 Å². The Hall–Kier alpha value is -4.05. The van der Waals surface area contributed by atoms with Crippen LogP contribution in [0.3, 0.4) is 0 Å². The number of nitroso groups, excluding NO2 is 1. The standard InChI is InChI=1S/C22H16BrN3O6/c1-31-22(29)14-5-7-15(8-6-14)24-20(27)17(12-13-3-2-4-16(11-13)26-30)25-21(28)18-9-10-19(23)32-18/h2-12H,1H3,(H,24,27)(H,25,28)/b17-12+. The van der Waals surface area contributed by atoms with E-state index >= 15 is 0 Å². The number of carbonyl (C=O) groups excluding carboxylic acids is 3. The second-order valence-corrected chi connectivity index (χ2v) is 7.11. The van der Waals surface area contributed by atoms with E-state index < -0.39 is 17.8 Å². The van der Waals surface area contributed by atoms with Crippen molar-refractivity contribution in [3.63, 3.8) is 0 Å². The summed E-state index contributed by atoms with van der Waals surface area (Å²) >= 11 is 3.12. The first-order valence-corrected chi connectivity index (χ1v) is 9.90. The maximum Gasteiger partial charge on any atom is 0.337 e. The van der Waals surface area contributed by atoms with Crippen molar-refractivity contribution in [1.82, 2.24) is 5.32 Å². The van der Waals surface area contributed by atoms with Crippen LogP contribution in [0.4, 0.5) is 11.4 Å². The van der Waals surface area contributed by atoms with Gasteiger partial charge >= 0.3 is 5.97 Å². The number of hydrogen-bond acceptors (Lipinski definition) is 7. The van der Waals surface area contributed by atoms with Crippen LogP contribution in [0.2, 0.25) is 0 Å². The summed E-state index contributed by atoms with van der Waals surface area (Å²) in [5.41, 5.74) is 1.22. The first kappa shape index (κ1) is 22.6. The van der Waals surface area contributed by atoms with Crippen molar-refractivity contribution in [2.75, 3.05) is 12.4 Å². The minimum Gasteiger partial charge on any atom is -0.465 e. The van der Waals surface area contributed by atoms with Crippen molar-refractivity contribution >= 4 is 51.2 Å². The van der Waals surface area contributed by atoms with E-state index in [4.69, 9.17) is 4.42 Å². The number of amides is 2. The first-order valence-electron chi connectivity index (χ1n) is 9.11. The summed E-state index contributed by atoms with van der Waals surface area (Å²) in [4.78, 5) is 47.8. The molecular weight excluding hydrogens is 482 g/mol. The lowest BCUT2D eigenvalue weighted by atomic mass is 10.1. The number of esters is 1. The molecule has 32 heavy (non-hydrogen) atoms. The van der Waals surface area contributed by atoms with E-state index in [2.05, 4.69) is 36.5 Å². The molecule has 0 aliphatic carbocycles. The topological polar surface area (TPSA) is 127 Å². The fourth-order valence-electron chi connectivity index (χ4n) is 2.62. The predicted molar refractivity (Wildman–Crippen MR) is 120 cm³/mol. The Morgan fingerprint density at radius 3 is 2.44 bits per heavy atom. The average Bonchev–Trinajstić information content (AvgIpc) is 3.25. The molecule has 0 spiro atoms. The smallest absolute Gasteiger partial charge is 0.337 e. The normalized spacial score (nSPS) is 10.9. The lowest BCUT2D eigenvalue weighted by molar-refractivity contribution is -0.113. The maximum atomic E-state index is 12.9. The summed E-state index contributed by atoms with van der Waals surface area (Å²) in [6.07, 6.45) is 1.39. The summed E-state index contributed by atoms with van der Waals surface area (Å²) in [5.74, 6) is -1.81. The molecule has 9 nitrogen and oxygen atoms in total. The molecular formula is C22H16BrN3O6. The van der Waals surface area contributed by atoms with Crippen LogP contribution in [0.25, 0.3) is 6.08 Å². The molecule has 0 saturated heterocycles. The zero-order valence-electron chi connectivity index (χ0n) is 16.6. The van der Waals surface area contributed by atoms with Crippen molar-refractivity contribution < 1.29 is 23.5 Å². The monoisotopic (exact) mass is 497 g/mol. The van der Waals surface area contributed by atoms with E-state index in [1.165, 1.54) is 55.7 Å². The predicted octanol–water partition coefficient (Wildman–Crippen LogP) is 4.64. The van der Waals surface area contributed by atoms with E-state index in [1.54, 1.807) is 18.2 Å². The molecule has 1 heterocycles. The number of methoxy groups -OCH3 is 1. The van der Waals surface area contributed by atoms with Gasteiger partial charge in [0.15, 0.2) is 10.4 Å². The minimum atomic E-state index is -0.650. The molecule has 10 heteroatoms. The van der Waals surface area contributed by atoms with Crippen LogP contribution in [0.1, 0.15) is 26.5 Å². The van der Waals surface area contributed by atoms with Gasteiger partial charge in [-0.05, 0) is 81.3 Å². The number of ether oxygens (including phenoxy) is 1. The van der Waals surface area contributed by atoms with Gasteiger partial charge in [0.25, 0.3) is 11.8 Å². The molecule has 0 atom stereocenters. The van der Waals surface area contributed by atoms with Gasteiger partial charge in [-0.1, -0.05) is 12.1 Å². The van der Waals surface area contributed by atoms with Gasteiger partial charge in [-0.15, -0.1) is 4.91 Å². The van der Waals surface area contributed by atoms with E-state index in [0.717, 1.165) is 0 Å². The second-order valence-electron chi connectivity index (χ2n) is 6.33. The molecule has 0 aliphatic rings. The molecule has 3 aromatic rings. The number of carbonyl (C=O) groups is 3. The number of nitrogens with zero attached hydrogens (tertiary/aromatic N) is 1. The molecule has 0 saturated carbocycles. The van der Waals surface area contributed by atoms with Gasteiger partial charge in [-0.25, -0.2) is 4.79 Å². The second kappa shape index (κ2) is 10.3. The molecule has 1 aromatic heterocycles. The summed E-state index contributed by atoms with van der Waals surface area (Å²) in [5, 5.41) is 8.01. The highest BCUT2D eigenvalue weighted by molar-refractivity contribution is 9.10. The van der Waals surface area contributed by atoms with Gasteiger partial charge in [-0.3, -0.25) is 9.59 Å². The van der Waals surface area contributed by atoms with Gasteiger partial charge in [0, 0.05) is 5.69 Å². The van der Waals surface area contributed by atoms with Crippen LogP contribution < -0.4 is 10.6 Å². The highest BCUT2D eigenvalue weighted by atomic mass is 79.9. The zero-order chi connectivity index (χ0) is 23.1. The molecule has 162 valence electrons. The summed E-state index contributed by atoms with van der Waals surface area (Å²) in [6.45, 7) is 0. The molecule has 0 bridgehead atoms.